The van der Waals surface area contributed by atoms with Crippen LogP contribution < -0.4 is 4.90 Å². The molecule has 0 saturated carbocycles. The lowest BCUT2D eigenvalue weighted by Gasteiger charge is -2.25. The summed E-state index contributed by atoms with van der Waals surface area (Å²) in [4.78, 5) is 16.8. The van der Waals surface area contributed by atoms with Crippen LogP contribution >= 0.6 is 23.1 Å². The molecule has 0 bridgehead atoms. The van der Waals surface area contributed by atoms with Gasteiger partial charge in [0.15, 0.2) is 0 Å². The molecule has 2 fully saturated rings. The minimum absolute atomic E-state index is 0.371. The highest BCUT2D eigenvalue weighted by atomic mass is 32.2. The van der Waals surface area contributed by atoms with Gasteiger partial charge in [-0.25, -0.2) is 9.97 Å². The van der Waals surface area contributed by atoms with Crippen molar-refractivity contribution >= 4 is 39.1 Å². The lowest BCUT2D eigenvalue weighted by Crippen LogP contribution is -2.31. The number of benzene rings is 1. The third-order valence-electron chi connectivity index (χ3n) is 6.61. The number of likely N-dealkylation sites (tertiary alicyclic amines) is 1. The molecule has 0 N–H and O–H groups in total. The Kier molecular flexibility index (Phi) is 5.87. The summed E-state index contributed by atoms with van der Waals surface area (Å²) in [6.07, 6.45) is 6.86. The van der Waals surface area contributed by atoms with Crippen molar-refractivity contribution in [1.29, 1.82) is 5.26 Å². The van der Waals surface area contributed by atoms with Crippen LogP contribution in [0.5, 0.6) is 0 Å². The summed E-state index contributed by atoms with van der Waals surface area (Å²) in [5.74, 6) is 2.16. The van der Waals surface area contributed by atoms with Crippen molar-refractivity contribution < 1.29 is 0 Å². The molecule has 2 aliphatic rings. The average molecular weight is 450 g/mol. The van der Waals surface area contributed by atoms with Crippen LogP contribution in [0.4, 0.5) is 5.82 Å². The average Bonchev–Trinajstić information content (AvgIpc) is 3.48. The largest absolute Gasteiger partial charge is 0.355 e. The summed E-state index contributed by atoms with van der Waals surface area (Å²) in [5.41, 5.74) is 2.81. The van der Waals surface area contributed by atoms with E-state index in [4.69, 9.17) is 10.2 Å². The fourth-order valence-corrected chi connectivity index (χ4v) is 6.82. The molecule has 7 heteroatoms. The fourth-order valence-electron chi connectivity index (χ4n) is 5.08. The van der Waals surface area contributed by atoms with Crippen molar-refractivity contribution in [3.63, 3.8) is 0 Å². The van der Waals surface area contributed by atoms with Crippen molar-refractivity contribution in [2.75, 3.05) is 37.3 Å². The van der Waals surface area contributed by atoms with Crippen molar-refractivity contribution in [2.45, 2.75) is 31.6 Å². The number of hydrogen-bond acceptors (Lipinski definition) is 7. The van der Waals surface area contributed by atoms with Crippen molar-refractivity contribution in [1.82, 2.24) is 14.9 Å². The van der Waals surface area contributed by atoms with Gasteiger partial charge in [0.25, 0.3) is 0 Å². The molecule has 4 heterocycles. The minimum atomic E-state index is 0.371. The number of hydrogen-bond donors (Lipinski definition) is 0. The Morgan fingerprint density at radius 1 is 1.13 bits per heavy atom. The van der Waals surface area contributed by atoms with Crippen LogP contribution in [0, 0.1) is 16.7 Å². The maximum atomic E-state index is 8.85. The van der Waals surface area contributed by atoms with Gasteiger partial charge in [-0.1, -0.05) is 24.3 Å². The van der Waals surface area contributed by atoms with Gasteiger partial charge < -0.3 is 4.90 Å². The second-order valence-corrected chi connectivity index (χ2v) is 10.8. The number of nitrogens with zero attached hydrogens (tertiary/aromatic N) is 5. The Bertz CT molecular complexity index is 1100. The predicted octanol–water partition coefficient (Wildman–Crippen LogP) is 4.72. The molecule has 1 atom stereocenters. The molecule has 5 rings (SSSR count). The first-order valence-corrected chi connectivity index (χ1v) is 13.0. The molecule has 31 heavy (non-hydrogen) atoms. The fraction of sp³-hybridized carbons (Fsp3) is 0.458. The van der Waals surface area contributed by atoms with E-state index in [0.717, 1.165) is 54.7 Å². The van der Waals surface area contributed by atoms with Crippen molar-refractivity contribution in [3.05, 3.63) is 52.7 Å². The standard InChI is InChI=1S/C24H27N5S2/c1-30-14-20-12-21-22(26-17-27-23(21)31-20)29-11-8-24(16-29)7-10-28(15-24)13-19-4-2-18(3-5-19)6-9-25/h2-5,12,17H,6-8,10-11,13-16H2,1H3. The molecular weight excluding hydrogens is 422 g/mol. The summed E-state index contributed by atoms with van der Waals surface area (Å²) in [6, 6.07) is 13.1. The topological polar surface area (TPSA) is 56.0 Å². The summed E-state index contributed by atoms with van der Waals surface area (Å²) in [7, 11) is 0. The molecule has 160 valence electrons. The van der Waals surface area contributed by atoms with E-state index in [1.54, 1.807) is 17.7 Å². The van der Waals surface area contributed by atoms with Gasteiger partial charge in [-0.3, -0.25) is 4.90 Å². The quantitative estimate of drug-likeness (QED) is 0.543. The van der Waals surface area contributed by atoms with Gasteiger partial charge >= 0.3 is 0 Å². The van der Waals surface area contributed by atoms with Crippen molar-refractivity contribution in [3.8, 4) is 6.07 Å². The summed E-state index contributed by atoms with van der Waals surface area (Å²) in [5, 5.41) is 10.1. The van der Waals surface area contributed by atoms with Gasteiger partial charge in [0, 0.05) is 42.2 Å². The predicted molar refractivity (Wildman–Crippen MR) is 130 cm³/mol. The molecule has 5 nitrogen and oxygen atoms in total. The molecule has 3 aromatic rings. The Hall–Kier alpha value is -2.14. The highest BCUT2D eigenvalue weighted by molar-refractivity contribution is 7.97. The van der Waals surface area contributed by atoms with Gasteiger partial charge in [-0.2, -0.15) is 17.0 Å². The number of thiophene rings is 1. The van der Waals surface area contributed by atoms with E-state index in [-0.39, 0.29) is 0 Å². The molecule has 2 saturated heterocycles. The van der Waals surface area contributed by atoms with Crippen LogP contribution in [0.25, 0.3) is 10.2 Å². The summed E-state index contributed by atoms with van der Waals surface area (Å²) < 4.78 is 0. The monoisotopic (exact) mass is 449 g/mol. The molecule has 1 aromatic carbocycles. The highest BCUT2D eigenvalue weighted by Crippen LogP contribution is 2.43. The van der Waals surface area contributed by atoms with E-state index in [9.17, 15) is 0 Å². The Balaban J connectivity index is 1.26. The van der Waals surface area contributed by atoms with Crippen LogP contribution in [0.1, 0.15) is 28.8 Å². The Morgan fingerprint density at radius 3 is 2.74 bits per heavy atom. The van der Waals surface area contributed by atoms with Crippen LogP contribution in [0.15, 0.2) is 36.7 Å². The summed E-state index contributed by atoms with van der Waals surface area (Å²) in [6.45, 7) is 5.47. The van der Waals surface area contributed by atoms with E-state index in [0.29, 0.717) is 11.8 Å². The third-order valence-corrected chi connectivity index (χ3v) is 8.44. The van der Waals surface area contributed by atoms with E-state index >= 15 is 0 Å². The number of fused-ring (bicyclic) bond motifs is 1. The Morgan fingerprint density at radius 2 is 1.94 bits per heavy atom. The van der Waals surface area contributed by atoms with Gasteiger partial charge in [-0.05, 0) is 42.8 Å². The normalized spacial score (nSPS) is 21.4. The van der Waals surface area contributed by atoms with Crippen LogP contribution in [-0.4, -0.2) is 47.3 Å². The summed E-state index contributed by atoms with van der Waals surface area (Å²) >= 11 is 3.66. The van der Waals surface area contributed by atoms with E-state index < -0.39 is 0 Å². The van der Waals surface area contributed by atoms with Crippen LogP contribution in [-0.2, 0) is 18.7 Å². The zero-order chi connectivity index (χ0) is 21.3. The van der Waals surface area contributed by atoms with E-state index in [1.165, 1.54) is 28.7 Å². The zero-order valence-corrected chi connectivity index (χ0v) is 19.5. The van der Waals surface area contributed by atoms with Gasteiger partial charge in [0.05, 0.1) is 17.9 Å². The molecule has 0 aliphatic carbocycles. The third kappa shape index (κ3) is 4.30. The van der Waals surface area contributed by atoms with Gasteiger partial charge in [-0.15, -0.1) is 11.3 Å². The molecule has 0 radical (unpaired) electrons. The SMILES string of the molecule is CSCc1cc2c(N3CCC4(CCN(Cc5ccc(CC#N)cc5)C4)C3)ncnc2s1. The number of thioether (sulfide) groups is 1. The number of aromatic nitrogens is 2. The first kappa shape index (κ1) is 20.7. The van der Waals surface area contributed by atoms with Crippen LogP contribution in [0.3, 0.4) is 0 Å². The lowest BCUT2D eigenvalue weighted by molar-refractivity contribution is 0.270. The maximum absolute atomic E-state index is 8.85. The molecule has 2 aliphatic heterocycles. The van der Waals surface area contributed by atoms with Crippen LogP contribution in [0.2, 0.25) is 0 Å². The van der Waals surface area contributed by atoms with Gasteiger partial charge in [0.2, 0.25) is 0 Å². The molecule has 1 unspecified atom stereocenters. The first-order chi connectivity index (χ1) is 15.2. The minimum Gasteiger partial charge on any atom is -0.355 e. The first-order valence-electron chi connectivity index (χ1n) is 10.8. The van der Waals surface area contributed by atoms with E-state index in [2.05, 4.69) is 57.4 Å². The van der Waals surface area contributed by atoms with E-state index in [1.807, 2.05) is 11.8 Å². The van der Waals surface area contributed by atoms with Gasteiger partial charge in [0.1, 0.15) is 17.0 Å². The zero-order valence-electron chi connectivity index (χ0n) is 17.9. The Labute approximate surface area is 192 Å². The molecule has 2 aromatic heterocycles. The highest BCUT2D eigenvalue weighted by Gasteiger charge is 2.44. The number of nitriles is 1. The smallest absolute Gasteiger partial charge is 0.140 e. The molecule has 1 spiro atoms. The number of anilines is 1. The lowest BCUT2D eigenvalue weighted by atomic mass is 9.86. The van der Waals surface area contributed by atoms with Crippen molar-refractivity contribution in [2.24, 2.45) is 5.41 Å². The maximum Gasteiger partial charge on any atom is 0.140 e. The molecular formula is C24H27N5S2. The number of rotatable bonds is 6. The second-order valence-electron chi connectivity index (χ2n) is 8.85. The molecule has 0 amide bonds. The second kappa shape index (κ2) is 8.78.